The van der Waals surface area contributed by atoms with E-state index >= 15 is 0 Å². The summed E-state index contributed by atoms with van der Waals surface area (Å²) >= 11 is 1.99. The maximum Gasteiger partial charge on any atom is 0.255 e. The van der Waals surface area contributed by atoms with E-state index in [1.807, 2.05) is 36.4 Å². The largest absolute Gasteiger partial charge is 0.377 e. The molecule has 0 bridgehead atoms. The van der Waals surface area contributed by atoms with Crippen molar-refractivity contribution in [1.82, 2.24) is 4.90 Å². The van der Waals surface area contributed by atoms with Crippen molar-refractivity contribution in [2.45, 2.75) is 19.4 Å². The van der Waals surface area contributed by atoms with Crippen LogP contribution in [0, 0.1) is 9.39 Å². The zero-order valence-corrected chi connectivity index (χ0v) is 12.5. The van der Waals surface area contributed by atoms with Crippen LogP contribution in [0.4, 0.5) is 4.39 Å². The van der Waals surface area contributed by atoms with Gasteiger partial charge in [-0.3, -0.25) is 4.79 Å². The zero-order chi connectivity index (χ0) is 13.3. The molecule has 1 aliphatic rings. The van der Waals surface area contributed by atoms with Gasteiger partial charge in [-0.05, 0) is 54.6 Å². The lowest BCUT2D eigenvalue weighted by Crippen LogP contribution is -2.55. The molecule has 5 heteroatoms. The third-order valence-corrected chi connectivity index (χ3v) is 3.94. The first-order valence-electron chi connectivity index (χ1n) is 5.76. The second-order valence-electron chi connectivity index (χ2n) is 4.95. The molecule has 0 spiro atoms. The number of halogens is 2. The van der Waals surface area contributed by atoms with Crippen LogP contribution in [0.1, 0.15) is 24.2 Å². The average Bonchev–Trinajstić information content (AvgIpc) is 2.27. The summed E-state index contributed by atoms with van der Waals surface area (Å²) in [5.41, 5.74) is 0.222. The average molecular weight is 363 g/mol. The minimum Gasteiger partial charge on any atom is -0.377 e. The quantitative estimate of drug-likeness (QED) is 0.719. The van der Waals surface area contributed by atoms with Crippen molar-refractivity contribution in [3.8, 4) is 0 Å². The molecular weight excluding hydrogens is 348 g/mol. The highest BCUT2D eigenvalue weighted by atomic mass is 127. The number of rotatable bonds is 1. The van der Waals surface area contributed by atoms with Gasteiger partial charge in [-0.25, -0.2) is 4.39 Å². The fourth-order valence-electron chi connectivity index (χ4n) is 2.04. The number of benzene rings is 1. The normalized spacial score (nSPS) is 18.8. The molecule has 0 saturated carbocycles. The summed E-state index contributed by atoms with van der Waals surface area (Å²) in [7, 11) is 0. The molecule has 1 heterocycles. The number of hydrogen-bond donors (Lipinski definition) is 0. The number of hydrogen-bond acceptors (Lipinski definition) is 2. The number of amides is 1. The number of nitrogens with zero attached hydrogens (tertiary/aromatic N) is 1. The first kappa shape index (κ1) is 13.7. The van der Waals surface area contributed by atoms with Gasteiger partial charge >= 0.3 is 0 Å². The number of ether oxygens (including phenoxy) is 1. The van der Waals surface area contributed by atoms with Crippen LogP contribution in [0.15, 0.2) is 18.2 Å². The summed E-state index contributed by atoms with van der Waals surface area (Å²) in [6.45, 7) is 5.59. The first-order chi connectivity index (χ1) is 8.42. The van der Waals surface area contributed by atoms with Gasteiger partial charge < -0.3 is 9.64 Å². The molecule has 0 atom stereocenters. The molecule has 1 fully saturated rings. The van der Waals surface area contributed by atoms with E-state index in [9.17, 15) is 9.18 Å². The fourth-order valence-corrected chi connectivity index (χ4v) is 2.75. The highest BCUT2D eigenvalue weighted by Crippen LogP contribution is 2.24. The molecule has 0 aromatic heterocycles. The summed E-state index contributed by atoms with van der Waals surface area (Å²) in [4.78, 5) is 14.3. The Morgan fingerprint density at radius 3 is 2.83 bits per heavy atom. The summed E-state index contributed by atoms with van der Waals surface area (Å²) in [5.74, 6) is -0.384. The molecule has 1 amide bonds. The minimum absolute atomic E-state index is 0.0623. The van der Waals surface area contributed by atoms with E-state index in [1.54, 1.807) is 11.0 Å². The van der Waals surface area contributed by atoms with Crippen LogP contribution in [-0.2, 0) is 4.74 Å². The van der Waals surface area contributed by atoms with Gasteiger partial charge in [0, 0.05) is 10.1 Å². The van der Waals surface area contributed by atoms with Gasteiger partial charge in [0.05, 0.1) is 24.3 Å². The molecule has 18 heavy (non-hydrogen) atoms. The van der Waals surface area contributed by atoms with E-state index < -0.39 is 0 Å². The monoisotopic (exact) mass is 363 g/mol. The van der Waals surface area contributed by atoms with Crippen molar-refractivity contribution in [2.24, 2.45) is 0 Å². The summed E-state index contributed by atoms with van der Waals surface area (Å²) in [6.07, 6.45) is 0. The second-order valence-corrected chi connectivity index (χ2v) is 6.11. The van der Waals surface area contributed by atoms with E-state index in [0.717, 1.165) is 0 Å². The van der Waals surface area contributed by atoms with Gasteiger partial charge in [0.25, 0.3) is 5.91 Å². The highest BCUT2D eigenvalue weighted by Gasteiger charge is 2.35. The SMILES string of the molecule is CC1(C)COCCN1C(=O)c1ccc(F)cc1I. The molecule has 1 saturated heterocycles. The van der Waals surface area contributed by atoms with Crippen molar-refractivity contribution >= 4 is 28.5 Å². The molecular formula is C13H15FINO2. The topological polar surface area (TPSA) is 29.5 Å². The van der Waals surface area contributed by atoms with Crippen molar-refractivity contribution in [3.05, 3.63) is 33.1 Å². The van der Waals surface area contributed by atoms with Crippen LogP contribution in [0.3, 0.4) is 0 Å². The summed E-state index contributed by atoms with van der Waals surface area (Å²) in [6, 6.07) is 4.25. The van der Waals surface area contributed by atoms with Crippen LogP contribution < -0.4 is 0 Å². The Bertz CT molecular complexity index is 476. The summed E-state index contributed by atoms with van der Waals surface area (Å²) in [5, 5.41) is 0. The van der Waals surface area contributed by atoms with Crippen LogP contribution in [0.2, 0.25) is 0 Å². The predicted octanol–water partition coefficient (Wildman–Crippen LogP) is 2.68. The van der Waals surface area contributed by atoms with Crippen LogP contribution >= 0.6 is 22.6 Å². The Kier molecular flexibility index (Phi) is 3.91. The van der Waals surface area contributed by atoms with E-state index in [1.165, 1.54) is 12.1 Å². The lowest BCUT2D eigenvalue weighted by atomic mass is 10.0. The van der Waals surface area contributed by atoms with E-state index in [2.05, 4.69) is 0 Å². The van der Waals surface area contributed by atoms with Crippen molar-refractivity contribution in [1.29, 1.82) is 0 Å². The predicted molar refractivity (Wildman–Crippen MR) is 75.1 cm³/mol. The van der Waals surface area contributed by atoms with E-state index in [-0.39, 0.29) is 17.3 Å². The first-order valence-corrected chi connectivity index (χ1v) is 6.84. The van der Waals surface area contributed by atoms with Gasteiger partial charge in [0.2, 0.25) is 0 Å². The van der Waals surface area contributed by atoms with E-state index in [4.69, 9.17) is 4.74 Å². The van der Waals surface area contributed by atoms with Crippen LogP contribution in [0.25, 0.3) is 0 Å². The lowest BCUT2D eigenvalue weighted by Gasteiger charge is -2.42. The lowest BCUT2D eigenvalue weighted by molar-refractivity contribution is -0.0371. The van der Waals surface area contributed by atoms with Crippen LogP contribution in [-0.4, -0.2) is 36.1 Å². The minimum atomic E-state index is -0.327. The Morgan fingerprint density at radius 1 is 1.50 bits per heavy atom. The Balaban J connectivity index is 2.30. The number of carbonyl (C=O) groups excluding carboxylic acids is 1. The standard InChI is InChI=1S/C13H15FINO2/c1-13(2)8-18-6-5-16(13)12(17)10-4-3-9(14)7-11(10)15/h3-4,7H,5-6,8H2,1-2H3. The Labute approximate surface area is 119 Å². The third-order valence-electron chi connectivity index (χ3n) is 3.05. The van der Waals surface area contributed by atoms with Gasteiger partial charge in [0.15, 0.2) is 0 Å². The molecule has 3 nitrogen and oxygen atoms in total. The molecule has 1 aromatic carbocycles. The van der Waals surface area contributed by atoms with Crippen molar-refractivity contribution in [3.63, 3.8) is 0 Å². The van der Waals surface area contributed by atoms with Gasteiger partial charge in [-0.15, -0.1) is 0 Å². The Morgan fingerprint density at radius 2 is 2.22 bits per heavy atom. The smallest absolute Gasteiger partial charge is 0.255 e. The van der Waals surface area contributed by atoms with Gasteiger partial charge in [-0.1, -0.05) is 0 Å². The highest BCUT2D eigenvalue weighted by molar-refractivity contribution is 14.1. The number of carbonyl (C=O) groups is 1. The van der Waals surface area contributed by atoms with Crippen molar-refractivity contribution in [2.75, 3.05) is 19.8 Å². The maximum atomic E-state index is 13.1. The molecule has 0 unspecified atom stereocenters. The number of morpholine rings is 1. The second kappa shape index (κ2) is 5.13. The van der Waals surface area contributed by atoms with Crippen molar-refractivity contribution < 1.29 is 13.9 Å². The molecule has 98 valence electrons. The van der Waals surface area contributed by atoms with E-state index in [0.29, 0.717) is 28.9 Å². The van der Waals surface area contributed by atoms with Gasteiger partial charge in [-0.2, -0.15) is 0 Å². The Hall–Kier alpha value is -0.690. The molecule has 2 rings (SSSR count). The van der Waals surface area contributed by atoms with Gasteiger partial charge in [0.1, 0.15) is 5.82 Å². The third kappa shape index (κ3) is 2.66. The molecule has 1 aliphatic heterocycles. The summed E-state index contributed by atoms with van der Waals surface area (Å²) < 4.78 is 19.1. The van der Waals surface area contributed by atoms with Crippen LogP contribution in [0.5, 0.6) is 0 Å². The maximum absolute atomic E-state index is 13.1. The molecule has 0 aliphatic carbocycles. The molecule has 1 aromatic rings. The molecule has 0 N–H and O–H groups in total. The zero-order valence-electron chi connectivity index (χ0n) is 10.4. The molecule has 0 radical (unpaired) electrons. The fraction of sp³-hybridized carbons (Fsp3) is 0.462.